The number of aliphatic hydroxyl groups is 1. The van der Waals surface area contributed by atoms with E-state index < -0.39 is 5.60 Å². The fourth-order valence-corrected chi connectivity index (χ4v) is 2.18. The molecule has 0 aliphatic carbocycles. The van der Waals surface area contributed by atoms with E-state index in [2.05, 4.69) is 0 Å². The van der Waals surface area contributed by atoms with Gasteiger partial charge < -0.3 is 9.84 Å². The molecule has 0 radical (unpaired) electrons. The largest absolute Gasteiger partial charge is 0.389 e. The van der Waals surface area contributed by atoms with Crippen LogP contribution in [0.1, 0.15) is 18.4 Å². The Morgan fingerprint density at radius 1 is 1.38 bits per heavy atom. The van der Waals surface area contributed by atoms with Gasteiger partial charge in [0.25, 0.3) is 0 Å². The van der Waals surface area contributed by atoms with Crippen LogP contribution >= 0.6 is 11.6 Å². The predicted octanol–water partition coefficient (Wildman–Crippen LogP) is 2.56. The third-order valence-corrected chi connectivity index (χ3v) is 3.31. The van der Waals surface area contributed by atoms with Crippen molar-refractivity contribution in [3.63, 3.8) is 0 Å². The summed E-state index contributed by atoms with van der Waals surface area (Å²) in [6, 6.07) is 4.27. The summed E-state index contributed by atoms with van der Waals surface area (Å²) in [7, 11) is 0. The van der Waals surface area contributed by atoms with Crippen molar-refractivity contribution in [1.82, 2.24) is 0 Å². The van der Waals surface area contributed by atoms with Crippen LogP contribution in [0.25, 0.3) is 0 Å². The number of rotatable bonds is 2. The highest BCUT2D eigenvalue weighted by atomic mass is 35.5. The lowest BCUT2D eigenvalue weighted by Gasteiger charge is -2.32. The van der Waals surface area contributed by atoms with Crippen molar-refractivity contribution < 1.29 is 14.2 Å². The molecule has 0 atom stereocenters. The Balaban J connectivity index is 2.13. The fourth-order valence-electron chi connectivity index (χ4n) is 1.95. The number of benzene rings is 1. The standard InChI is InChI=1S/C12H14ClFO2/c13-11-7-10(14)2-1-9(11)8-12(15)3-5-16-6-4-12/h1-2,7,15H,3-6,8H2. The van der Waals surface area contributed by atoms with E-state index in [4.69, 9.17) is 16.3 Å². The Morgan fingerprint density at radius 3 is 2.69 bits per heavy atom. The molecule has 4 heteroatoms. The van der Waals surface area contributed by atoms with Crippen molar-refractivity contribution >= 4 is 11.6 Å². The van der Waals surface area contributed by atoms with Gasteiger partial charge >= 0.3 is 0 Å². The Labute approximate surface area is 99.0 Å². The summed E-state index contributed by atoms with van der Waals surface area (Å²) in [5, 5.41) is 10.7. The Hall–Kier alpha value is -0.640. The SMILES string of the molecule is OC1(Cc2ccc(F)cc2Cl)CCOCC1. The van der Waals surface area contributed by atoms with E-state index in [1.54, 1.807) is 6.07 Å². The third kappa shape index (κ3) is 2.73. The summed E-state index contributed by atoms with van der Waals surface area (Å²) < 4.78 is 18.1. The van der Waals surface area contributed by atoms with Crippen molar-refractivity contribution in [2.45, 2.75) is 24.9 Å². The Kier molecular flexibility index (Phi) is 3.47. The second-order valence-corrected chi connectivity index (χ2v) is 4.66. The molecule has 0 unspecified atom stereocenters. The number of hydrogen-bond donors (Lipinski definition) is 1. The first-order valence-corrected chi connectivity index (χ1v) is 5.71. The number of halogens is 2. The molecule has 0 aromatic heterocycles. The van der Waals surface area contributed by atoms with Crippen LogP contribution in [0.15, 0.2) is 18.2 Å². The predicted molar refractivity (Wildman–Crippen MR) is 60.1 cm³/mol. The monoisotopic (exact) mass is 244 g/mol. The molecule has 2 rings (SSSR count). The van der Waals surface area contributed by atoms with Crippen LogP contribution in [0.5, 0.6) is 0 Å². The molecule has 1 saturated heterocycles. The average molecular weight is 245 g/mol. The summed E-state index contributed by atoms with van der Waals surface area (Å²) in [6.07, 6.45) is 1.65. The first-order chi connectivity index (χ1) is 7.59. The van der Waals surface area contributed by atoms with E-state index in [9.17, 15) is 9.50 Å². The summed E-state index contributed by atoms with van der Waals surface area (Å²) >= 11 is 5.93. The minimum Gasteiger partial charge on any atom is -0.389 e. The van der Waals surface area contributed by atoms with Gasteiger partial charge in [0, 0.05) is 24.7 Å². The van der Waals surface area contributed by atoms with Crippen molar-refractivity contribution in [3.05, 3.63) is 34.6 Å². The molecule has 0 saturated carbocycles. The minimum absolute atomic E-state index is 0.354. The zero-order chi connectivity index (χ0) is 11.6. The van der Waals surface area contributed by atoms with Crippen LogP contribution in [0.3, 0.4) is 0 Å². The van der Waals surface area contributed by atoms with Crippen LogP contribution < -0.4 is 0 Å². The van der Waals surface area contributed by atoms with E-state index in [0.717, 1.165) is 5.56 Å². The maximum absolute atomic E-state index is 12.9. The number of ether oxygens (including phenoxy) is 1. The van der Waals surface area contributed by atoms with Crippen LogP contribution in [0.2, 0.25) is 5.02 Å². The van der Waals surface area contributed by atoms with E-state index in [0.29, 0.717) is 37.5 Å². The topological polar surface area (TPSA) is 29.5 Å². The highest BCUT2D eigenvalue weighted by Crippen LogP contribution is 2.28. The normalized spacial score (nSPS) is 19.7. The average Bonchev–Trinajstić information content (AvgIpc) is 2.23. The van der Waals surface area contributed by atoms with Crippen molar-refractivity contribution in [2.75, 3.05) is 13.2 Å². The molecule has 0 spiro atoms. The van der Waals surface area contributed by atoms with E-state index in [-0.39, 0.29) is 5.82 Å². The first-order valence-electron chi connectivity index (χ1n) is 5.33. The zero-order valence-corrected chi connectivity index (χ0v) is 9.63. The molecule has 16 heavy (non-hydrogen) atoms. The molecule has 1 aromatic rings. The van der Waals surface area contributed by atoms with E-state index in [1.807, 2.05) is 0 Å². The van der Waals surface area contributed by atoms with Crippen LogP contribution in [-0.2, 0) is 11.2 Å². The third-order valence-electron chi connectivity index (χ3n) is 2.96. The molecule has 2 nitrogen and oxygen atoms in total. The highest BCUT2D eigenvalue weighted by Gasteiger charge is 2.30. The lowest BCUT2D eigenvalue weighted by Crippen LogP contribution is -2.38. The van der Waals surface area contributed by atoms with Gasteiger partial charge in [-0.15, -0.1) is 0 Å². The molecule has 0 bridgehead atoms. The van der Waals surface area contributed by atoms with Gasteiger partial charge in [-0.3, -0.25) is 0 Å². The van der Waals surface area contributed by atoms with Crippen molar-refractivity contribution in [1.29, 1.82) is 0 Å². The van der Waals surface area contributed by atoms with Gasteiger partial charge in [0.15, 0.2) is 0 Å². The molecule has 1 aromatic carbocycles. The van der Waals surface area contributed by atoms with Crippen LogP contribution in [0.4, 0.5) is 4.39 Å². The summed E-state index contributed by atoms with van der Waals surface area (Å²) in [6.45, 7) is 1.13. The van der Waals surface area contributed by atoms with E-state index in [1.165, 1.54) is 12.1 Å². The molecular formula is C12H14ClFO2. The second-order valence-electron chi connectivity index (χ2n) is 4.25. The molecule has 88 valence electrons. The molecule has 1 heterocycles. The Bertz CT molecular complexity index is 375. The maximum Gasteiger partial charge on any atom is 0.124 e. The van der Waals surface area contributed by atoms with Gasteiger partial charge in [-0.2, -0.15) is 0 Å². The zero-order valence-electron chi connectivity index (χ0n) is 8.88. The van der Waals surface area contributed by atoms with Crippen molar-refractivity contribution in [3.8, 4) is 0 Å². The lowest BCUT2D eigenvalue weighted by atomic mass is 9.87. The van der Waals surface area contributed by atoms with Gasteiger partial charge in [-0.05, 0) is 30.5 Å². The van der Waals surface area contributed by atoms with E-state index >= 15 is 0 Å². The molecule has 0 amide bonds. The minimum atomic E-state index is -0.764. The molecule has 1 N–H and O–H groups in total. The summed E-state index contributed by atoms with van der Waals surface area (Å²) in [4.78, 5) is 0. The fraction of sp³-hybridized carbons (Fsp3) is 0.500. The van der Waals surface area contributed by atoms with Gasteiger partial charge in [0.1, 0.15) is 5.82 Å². The van der Waals surface area contributed by atoms with Gasteiger partial charge in [-0.1, -0.05) is 17.7 Å². The molecule has 1 aliphatic rings. The molecule has 1 fully saturated rings. The summed E-state index contributed by atoms with van der Waals surface area (Å²) in [5.41, 5.74) is 0.0205. The number of hydrogen-bond acceptors (Lipinski definition) is 2. The first kappa shape index (κ1) is 11.8. The van der Waals surface area contributed by atoms with Crippen molar-refractivity contribution in [2.24, 2.45) is 0 Å². The summed E-state index contributed by atoms with van der Waals surface area (Å²) in [5.74, 6) is -0.354. The van der Waals surface area contributed by atoms with Crippen LogP contribution in [0, 0.1) is 5.82 Å². The lowest BCUT2D eigenvalue weighted by molar-refractivity contribution is -0.0625. The van der Waals surface area contributed by atoms with Gasteiger partial charge in [0.2, 0.25) is 0 Å². The smallest absolute Gasteiger partial charge is 0.124 e. The second kappa shape index (κ2) is 4.70. The highest BCUT2D eigenvalue weighted by molar-refractivity contribution is 6.31. The molecule has 1 aliphatic heterocycles. The van der Waals surface area contributed by atoms with Gasteiger partial charge in [-0.25, -0.2) is 4.39 Å². The Morgan fingerprint density at radius 2 is 2.06 bits per heavy atom. The molecular weight excluding hydrogens is 231 g/mol. The van der Waals surface area contributed by atoms with Gasteiger partial charge in [0.05, 0.1) is 5.60 Å². The maximum atomic E-state index is 12.9. The van der Waals surface area contributed by atoms with Crippen LogP contribution in [-0.4, -0.2) is 23.9 Å². The quantitative estimate of drug-likeness (QED) is 0.867.